The van der Waals surface area contributed by atoms with Gasteiger partial charge in [0, 0.05) is 41.9 Å². The molecule has 0 radical (unpaired) electrons. The van der Waals surface area contributed by atoms with Crippen molar-refractivity contribution in [2.45, 2.75) is 36.0 Å². The molecule has 1 saturated heterocycles. The van der Waals surface area contributed by atoms with Gasteiger partial charge in [0.2, 0.25) is 21.8 Å². The summed E-state index contributed by atoms with van der Waals surface area (Å²) in [6, 6.07) is 12.8. The van der Waals surface area contributed by atoms with Crippen LogP contribution in [0.2, 0.25) is 0 Å². The Morgan fingerprint density at radius 3 is 2.61 bits per heavy atom. The Morgan fingerprint density at radius 1 is 1.06 bits per heavy atom. The van der Waals surface area contributed by atoms with Crippen molar-refractivity contribution in [3.8, 4) is 0 Å². The maximum absolute atomic E-state index is 13.3. The van der Waals surface area contributed by atoms with Crippen LogP contribution in [0.1, 0.15) is 25.3 Å². The molecule has 5 rings (SSSR count). The minimum Gasteiger partial charge on any atom is -0.310 e. The molecule has 0 aliphatic carbocycles. The van der Waals surface area contributed by atoms with Crippen LogP contribution in [0.4, 0.5) is 11.4 Å². The van der Waals surface area contributed by atoms with Crippen molar-refractivity contribution in [3.05, 3.63) is 48.0 Å². The molecule has 1 atom stereocenters. The molecule has 3 heterocycles. The highest BCUT2D eigenvalue weighted by molar-refractivity contribution is 7.99. The predicted molar refractivity (Wildman–Crippen MR) is 129 cm³/mol. The van der Waals surface area contributed by atoms with Gasteiger partial charge < -0.3 is 9.80 Å². The molecule has 33 heavy (non-hydrogen) atoms. The Bertz CT molecular complexity index is 1210. The number of sulfonamides is 1. The summed E-state index contributed by atoms with van der Waals surface area (Å²) < 4.78 is 27.8. The molecule has 9 heteroatoms. The topological polar surface area (TPSA) is 78.0 Å². The molecule has 1 fully saturated rings. The van der Waals surface area contributed by atoms with Crippen LogP contribution in [0.5, 0.6) is 0 Å². The van der Waals surface area contributed by atoms with Crippen molar-refractivity contribution in [1.29, 1.82) is 0 Å². The lowest BCUT2D eigenvalue weighted by atomic mass is 10.1. The van der Waals surface area contributed by atoms with E-state index in [9.17, 15) is 18.0 Å². The number of carbonyl (C=O) groups is 2. The van der Waals surface area contributed by atoms with Gasteiger partial charge in [-0.2, -0.15) is 4.31 Å². The summed E-state index contributed by atoms with van der Waals surface area (Å²) in [6.07, 6.45) is 2.50. The normalized spacial score (nSPS) is 21.1. The lowest BCUT2D eigenvalue weighted by Gasteiger charge is -2.27. The molecule has 174 valence electrons. The minimum absolute atomic E-state index is 0.113. The average molecular weight is 486 g/mol. The third kappa shape index (κ3) is 4.06. The van der Waals surface area contributed by atoms with Crippen LogP contribution in [0, 0.1) is 5.92 Å². The Balaban J connectivity index is 1.49. The summed E-state index contributed by atoms with van der Waals surface area (Å²) >= 11 is 1.53. The molecular formula is C24H27N3O4S2. The van der Waals surface area contributed by atoms with Crippen molar-refractivity contribution < 1.29 is 18.0 Å². The van der Waals surface area contributed by atoms with E-state index >= 15 is 0 Å². The number of carbonyl (C=O) groups excluding carboxylic acids is 2. The highest BCUT2D eigenvalue weighted by Crippen LogP contribution is 2.38. The number of nitrogens with zero attached hydrogens (tertiary/aromatic N) is 3. The molecule has 2 aromatic carbocycles. The first-order valence-corrected chi connectivity index (χ1v) is 13.8. The predicted octanol–water partition coefficient (Wildman–Crippen LogP) is 3.14. The van der Waals surface area contributed by atoms with Crippen molar-refractivity contribution >= 4 is 45.0 Å². The van der Waals surface area contributed by atoms with Gasteiger partial charge in [-0.15, -0.1) is 11.8 Å². The maximum Gasteiger partial charge on any atom is 0.247 e. The average Bonchev–Trinajstić information content (AvgIpc) is 3.49. The number of amides is 2. The number of anilines is 2. The molecule has 0 saturated carbocycles. The molecule has 0 aromatic heterocycles. The van der Waals surface area contributed by atoms with Crippen LogP contribution >= 0.6 is 11.8 Å². The monoisotopic (exact) mass is 485 g/mol. The van der Waals surface area contributed by atoms with Crippen LogP contribution in [0.3, 0.4) is 0 Å². The van der Waals surface area contributed by atoms with Crippen LogP contribution in [-0.4, -0.2) is 56.5 Å². The van der Waals surface area contributed by atoms with Crippen molar-refractivity contribution in [2.24, 2.45) is 5.92 Å². The fourth-order valence-electron chi connectivity index (χ4n) is 4.72. The van der Waals surface area contributed by atoms with E-state index in [2.05, 4.69) is 0 Å². The second-order valence-corrected chi connectivity index (χ2v) is 11.8. The molecule has 0 bridgehead atoms. The van der Waals surface area contributed by atoms with E-state index < -0.39 is 10.0 Å². The lowest BCUT2D eigenvalue weighted by Crippen LogP contribution is -2.44. The van der Waals surface area contributed by atoms with Crippen LogP contribution < -0.4 is 9.80 Å². The van der Waals surface area contributed by atoms with Crippen molar-refractivity contribution in [1.82, 2.24) is 4.31 Å². The molecule has 7 nitrogen and oxygen atoms in total. The van der Waals surface area contributed by atoms with E-state index in [1.807, 2.05) is 31.2 Å². The third-order valence-corrected chi connectivity index (χ3v) is 9.80. The smallest absolute Gasteiger partial charge is 0.247 e. The molecule has 0 unspecified atom stereocenters. The Labute approximate surface area is 198 Å². The molecule has 3 aliphatic rings. The van der Waals surface area contributed by atoms with Gasteiger partial charge in [-0.3, -0.25) is 9.59 Å². The van der Waals surface area contributed by atoms with Crippen LogP contribution in [-0.2, 0) is 26.0 Å². The third-order valence-electron chi connectivity index (χ3n) is 6.58. The standard InChI is InChI=1S/C24H27N3O4S2/c1-17-16-32-22-9-8-19(33(30,31)25-11-4-5-12-25)14-21(22)27(24(17)29)15-23(28)26-13-10-18-6-2-3-7-20(18)26/h2-3,6-9,14,17H,4-5,10-13,15-16H2,1H3/t17-/m0/s1. The summed E-state index contributed by atoms with van der Waals surface area (Å²) in [5.41, 5.74) is 2.52. The van der Waals surface area contributed by atoms with Crippen LogP contribution in [0.15, 0.2) is 52.3 Å². The lowest BCUT2D eigenvalue weighted by molar-refractivity contribution is -0.124. The summed E-state index contributed by atoms with van der Waals surface area (Å²) in [5, 5.41) is 0. The van der Waals surface area contributed by atoms with E-state index in [4.69, 9.17) is 0 Å². The SMILES string of the molecule is C[C@H]1CSc2ccc(S(=O)(=O)N3CCCC3)cc2N(CC(=O)N2CCc3ccccc32)C1=O. The van der Waals surface area contributed by atoms with E-state index in [-0.39, 0.29) is 29.2 Å². The zero-order valence-electron chi connectivity index (χ0n) is 18.6. The summed E-state index contributed by atoms with van der Waals surface area (Å²) in [6.45, 7) is 3.35. The number of rotatable bonds is 4. The van der Waals surface area contributed by atoms with E-state index in [1.54, 1.807) is 23.1 Å². The van der Waals surface area contributed by atoms with Gasteiger partial charge in [0.05, 0.1) is 10.6 Å². The molecular weight excluding hydrogens is 458 g/mol. The summed E-state index contributed by atoms with van der Waals surface area (Å²) in [7, 11) is -3.63. The highest BCUT2D eigenvalue weighted by Gasteiger charge is 2.34. The van der Waals surface area contributed by atoms with Gasteiger partial charge in [-0.05, 0) is 49.1 Å². The van der Waals surface area contributed by atoms with Gasteiger partial charge in [-0.1, -0.05) is 25.1 Å². The zero-order valence-corrected chi connectivity index (χ0v) is 20.2. The number of hydrogen-bond donors (Lipinski definition) is 0. The summed E-state index contributed by atoms with van der Waals surface area (Å²) in [5.74, 6) is -0.00922. The first-order chi connectivity index (χ1) is 15.9. The first-order valence-electron chi connectivity index (χ1n) is 11.3. The first kappa shape index (κ1) is 22.4. The molecule has 0 N–H and O–H groups in total. The Hall–Kier alpha value is -2.36. The fourth-order valence-corrected chi connectivity index (χ4v) is 7.31. The largest absolute Gasteiger partial charge is 0.310 e. The van der Waals surface area contributed by atoms with Gasteiger partial charge in [0.1, 0.15) is 6.54 Å². The summed E-state index contributed by atoms with van der Waals surface area (Å²) in [4.78, 5) is 30.9. The fraction of sp³-hybridized carbons (Fsp3) is 0.417. The van der Waals surface area contributed by atoms with Gasteiger partial charge in [-0.25, -0.2) is 8.42 Å². The number of para-hydroxylation sites is 1. The Morgan fingerprint density at radius 2 is 1.82 bits per heavy atom. The van der Waals surface area contributed by atoms with E-state index in [1.165, 1.54) is 21.0 Å². The van der Waals surface area contributed by atoms with Crippen molar-refractivity contribution in [3.63, 3.8) is 0 Å². The maximum atomic E-state index is 13.3. The quantitative estimate of drug-likeness (QED) is 0.665. The van der Waals surface area contributed by atoms with E-state index in [0.29, 0.717) is 31.1 Å². The minimum atomic E-state index is -3.63. The van der Waals surface area contributed by atoms with Gasteiger partial charge in [0.15, 0.2) is 0 Å². The number of fused-ring (bicyclic) bond motifs is 2. The second-order valence-electron chi connectivity index (χ2n) is 8.80. The van der Waals surface area contributed by atoms with Gasteiger partial charge in [0.25, 0.3) is 0 Å². The molecule has 3 aliphatic heterocycles. The van der Waals surface area contributed by atoms with E-state index in [0.717, 1.165) is 35.4 Å². The zero-order chi connectivity index (χ0) is 23.2. The van der Waals surface area contributed by atoms with Gasteiger partial charge >= 0.3 is 0 Å². The van der Waals surface area contributed by atoms with Crippen molar-refractivity contribution in [2.75, 3.05) is 41.7 Å². The second kappa shape index (κ2) is 8.77. The number of thioether (sulfide) groups is 1. The molecule has 2 amide bonds. The molecule has 0 spiro atoms. The number of benzene rings is 2. The van der Waals surface area contributed by atoms with Crippen LogP contribution in [0.25, 0.3) is 0 Å². The highest BCUT2D eigenvalue weighted by atomic mass is 32.2. The number of hydrogen-bond acceptors (Lipinski definition) is 5. The Kier molecular flexibility index (Phi) is 5.96. The molecule has 2 aromatic rings.